The monoisotopic (exact) mass is 666 g/mol. The summed E-state index contributed by atoms with van der Waals surface area (Å²) < 4.78 is 0. The third kappa shape index (κ3) is 11.0. The van der Waals surface area contributed by atoms with Crippen LogP contribution in [0.3, 0.4) is 0 Å². The number of rotatable bonds is 23. The molecule has 0 aliphatic heterocycles. The van der Waals surface area contributed by atoms with E-state index in [1.807, 2.05) is 22.7 Å². The largest absolute Gasteiger partial charge is 0.143 e. The van der Waals surface area contributed by atoms with Gasteiger partial charge in [-0.25, -0.2) is 0 Å². The Morgan fingerprint density at radius 1 is 0.386 bits per heavy atom. The number of thiophene rings is 4. The fraction of sp³-hybridized carbons (Fsp3) is 0.600. The van der Waals surface area contributed by atoms with Crippen LogP contribution in [0.2, 0.25) is 0 Å². The van der Waals surface area contributed by atoms with E-state index in [9.17, 15) is 0 Å². The second kappa shape index (κ2) is 20.1. The van der Waals surface area contributed by atoms with Gasteiger partial charge in [0.1, 0.15) is 0 Å². The molecule has 4 heteroatoms. The summed E-state index contributed by atoms with van der Waals surface area (Å²) >= 11 is 8.10. The van der Waals surface area contributed by atoms with Crippen molar-refractivity contribution in [3.63, 3.8) is 0 Å². The van der Waals surface area contributed by atoms with Gasteiger partial charge in [-0.1, -0.05) is 105 Å². The number of hydrogen-bond acceptors (Lipinski definition) is 4. The zero-order chi connectivity index (χ0) is 31.0. The van der Waals surface area contributed by atoms with Gasteiger partial charge in [-0.3, -0.25) is 0 Å². The summed E-state index contributed by atoms with van der Waals surface area (Å²) in [5, 5.41) is 4.88. The lowest BCUT2D eigenvalue weighted by Gasteiger charge is -2.02. The normalized spacial score (nSPS) is 11.6. The van der Waals surface area contributed by atoms with Crippen LogP contribution in [-0.4, -0.2) is 0 Å². The molecule has 0 saturated carbocycles. The highest BCUT2D eigenvalue weighted by molar-refractivity contribution is 7.28. The fourth-order valence-electron chi connectivity index (χ4n) is 6.14. The summed E-state index contributed by atoms with van der Waals surface area (Å²) in [5.41, 5.74) is 6.27. The highest BCUT2D eigenvalue weighted by atomic mass is 32.1. The van der Waals surface area contributed by atoms with Gasteiger partial charge in [-0.15, -0.1) is 45.3 Å². The average Bonchev–Trinajstić information content (AvgIpc) is 3.84. The molecule has 0 nitrogen and oxygen atoms in total. The molecule has 0 radical (unpaired) electrons. The second-order valence-electron chi connectivity index (χ2n) is 12.8. The first-order chi connectivity index (χ1) is 21.7. The molecule has 0 fully saturated rings. The third-order valence-electron chi connectivity index (χ3n) is 8.85. The van der Waals surface area contributed by atoms with Crippen LogP contribution in [0.15, 0.2) is 35.0 Å². The Hall–Kier alpha value is -1.20. The van der Waals surface area contributed by atoms with Gasteiger partial charge >= 0.3 is 0 Å². The highest BCUT2D eigenvalue weighted by Crippen LogP contribution is 2.47. The lowest BCUT2D eigenvalue weighted by Crippen LogP contribution is -1.86. The fourth-order valence-corrected chi connectivity index (χ4v) is 10.8. The smallest absolute Gasteiger partial charge is 0.0481 e. The standard InChI is InChI=1S/C40H58S4/c1-5-9-13-17-21-31-25-37(41-29-31)39-33(23-19-15-11-7-3)27-35(43-39)36-28-34(24-20-16-12-8-4)40(44-36)38-26-32(30-42-38)22-18-14-10-6-2/h25-30H,5-24H2,1-4H3. The lowest BCUT2D eigenvalue weighted by molar-refractivity contribution is 0.667. The maximum atomic E-state index is 2.58. The molecule has 0 aromatic carbocycles. The molecule has 0 aliphatic carbocycles. The topological polar surface area (TPSA) is 0 Å². The Morgan fingerprint density at radius 3 is 1.11 bits per heavy atom. The summed E-state index contributed by atoms with van der Waals surface area (Å²) in [6.07, 6.45) is 26.2. The zero-order valence-corrected chi connectivity index (χ0v) is 31.5. The van der Waals surface area contributed by atoms with Crippen LogP contribution < -0.4 is 0 Å². The third-order valence-corrected chi connectivity index (χ3v) is 13.7. The van der Waals surface area contributed by atoms with Crippen LogP contribution in [0.5, 0.6) is 0 Å². The van der Waals surface area contributed by atoms with E-state index in [1.165, 1.54) is 148 Å². The molecule has 0 N–H and O–H groups in total. The average molecular weight is 667 g/mol. The molecule has 0 saturated heterocycles. The van der Waals surface area contributed by atoms with E-state index in [-0.39, 0.29) is 0 Å². The van der Waals surface area contributed by atoms with E-state index in [0.29, 0.717) is 0 Å². The van der Waals surface area contributed by atoms with Crippen molar-refractivity contribution in [3.05, 3.63) is 57.3 Å². The van der Waals surface area contributed by atoms with E-state index >= 15 is 0 Å². The van der Waals surface area contributed by atoms with E-state index in [1.54, 1.807) is 32.0 Å². The van der Waals surface area contributed by atoms with Gasteiger partial charge < -0.3 is 0 Å². The van der Waals surface area contributed by atoms with Gasteiger partial charge in [-0.2, -0.15) is 0 Å². The van der Waals surface area contributed by atoms with Crippen molar-refractivity contribution in [2.75, 3.05) is 0 Å². The zero-order valence-electron chi connectivity index (χ0n) is 28.2. The van der Waals surface area contributed by atoms with E-state index in [4.69, 9.17) is 0 Å². The van der Waals surface area contributed by atoms with Crippen molar-refractivity contribution in [3.8, 4) is 29.3 Å². The van der Waals surface area contributed by atoms with Crippen molar-refractivity contribution < 1.29 is 0 Å². The quantitative estimate of drug-likeness (QED) is 0.0691. The van der Waals surface area contributed by atoms with Crippen LogP contribution in [0.4, 0.5) is 0 Å². The minimum Gasteiger partial charge on any atom is -0.143 e. The minimum absolute atomic E-state index is 1.21. The Bertz CT molecular complexity index is 1230. The van der Waals surface area contributed by atoms with Gasteiger partial charge in [-0.05, 0) is 109 Å². The van der Waals surface area contributed by atoms with Crippen LogP contribution >= 0.6 is 45.3 Å². The molecule has 4 aromatic rings. The molecular formula is C40H58S4. The van der Waals surface area contributed by atoms with Gasteiger partial charge in [0.15, 0.2) is 0 Å². The first-order valence-corrected chi connectivity index (χ1v) is 21.5. The van der Waals surface area contributed by atoms with Crippen LogP contribution in [0.1, 0.15) is 153 Å². The molecule has 44 heavy (non-hydrogen) atoms. The second-order valence-corrected chi connectivity index (χ2v) is 16.7. The molecule has 0 unspecified atom stereocenters. The Morgan fingerprint density at radius 2 is 0.750 bits per heavy atom. The molecule has 242 valence electrons. The summed E-state index contributed by atoms with van der Waals surface area (Å²) in [6.45, 7) is 9.24. The number of aryl methyl sites for hydroxylation is 4. The number of hydrogen-bond donors (Lipinski definition) is 0. The molecule has 0 bridgehead atoms. The van der Waals surface area contributed by atoms with E-state index in [2.05, 4.69) is 85.4 Å². The predicted molar refractivity (Wildman–Crippen MR) is 206 cm³/mol. The molecule has 0 atom stereocenters. The molecule has 0 aliphatic rings. The highest BCUT2D eigenvalue weighted by Gasteiger charge is 2.19. The van der Waals surface area contributed by atoms with Gasteiger partial charge in [0, 0.05) is 29.3 Å². The van der Waals surface area contributed by atoms with Crippen LogP contribution in [0.25, 0.3) is 29.3 Å². The molecule has 4 aromatic heterocycles. The minimum atomic E-state index is 1.21. The van der Waals surface area contributed by atoms with E-state index < -0.39 is 0 Å². The van der Waals surface area contributed by atoms with Crippen molar-refractivity contribution >= 4 is 45.3 Å². The predicted octanol–water partition coefficient (Wildman–Crippen LogP) is 15.4. The molecule has 0 spiro atoms. The van der Waals surface area contributed by atoms with Crippen molar-refractivity contribution in [2.24, 2.45) is 0 Å². The number of unbranched alkanes of at least 4 members (excludes halogenated alkanes) is 12. The Kier molecular flexibility index (Phi) is 16.3. The molecule has 0 amide bonds. The van der Waals surface area contributed by atoms with Crippen molar-refractivity contribution in [1.82, 2.24) is 0 Å². The first-order valence-electron chi connectivity index (χ1n) is 18.1. The Labute approximate surface area is 286 Å². The van der Waals surface area contributed by atoms with Crippen molar-refractivity contribution in [1.29, 1.82) is 0 Å². The van der Waals surface area contributed by atoms with E-state index in [0.717, 1.165) is 0 Å². The lowest BCUT2D eigenvalue weighted by atomic mass is 10.0. The summed E-state index contributed by atoms with van der Waals surface area (Å²) in [4.78, 5) is 9.08. The van der Waals surface area contributed by atoms with Crippen LogP contribution in [0, 0.1) is 0 Å². The summed E-state index contributed by atoms with van der Waals surface area (Å²) in [7, 11) is 0. The van der Waals surface area contributed by atoms with Crippen LogP contribution in [-0.2, 0) is 25.7 Å². The van der Waals surface area contributed by atoms with Crippen molar-refractivity contribution in [2.45, 2.75) is 156 Å². The molecule has 4 heterocycles. The maximum absolute atomic E-state index is 2.58. The van der Waals surface area contributed by atoms with Gasteiger partial charge in [0.05, 0.1) is 0 Å². The summed E-state index contributed by atoms with van der Waals surface area (Å²) in [5.74, 6) is 0. The van der Waals surface area contributed by atoms with Gasteiger partial charge in [0.25, 0.3) is 0 Å². The maximum Gasteiger partial charge on any atom is 0.0481 e. The summed E-state index contributed by atoms with van der Waals surface area (Å²) in [6, 6.07) is 10.2. The first kappa shape index (κ1) is 35.7. The molecular weight excluding hydrogens is 609 g/mol. The Balaban J connectivity index is 1.60. The van der Waals surface area contributed by atoms with Gasteiger partial charge in [0.2, 0.25) is 0 Å². The SMILES string of the molecule is CCCCCCc1csc(-c2sc(-c3cc(CCCCCC)c(-c4cc(CCCCCC)cs4)s3)cc2CCCCCC)c1. The molecule has 4 rings (SSSR count).